The van der Waals surface area contributed by atoms with E-state index in [4.69, 9.17) is 5.26 Å². The second-order valence-corrected chi connectivity index (χ2v) is 7.90. The Morgan fingerprint density at radius 3 is 2.67 bits per heavy atom. The molecular weight excluding hydrogens is 258 g/mol. The van der Waals surface area contributed by atoms with Gasteiger partial charge in [0.05, 0.1) is 16.2 Å². The normalized spacial score (nSPS) is 31.4. The van der Waals surface area contributed by atoms with Gasteiger partial charge in [-0.1, -0.05) is 25.0 Å². The average Bonchev–Trinajstić information content (AvgIpc) is 2.47. The van der Waals surface area contributed by atoms with E-state index < -0.39 is 0 Å². The summed E-state index contributed by atoms with van der Waals surface area (Å²) in [5.74, 6) is 2.27. The van der Waals surface area contributed by atoms with Crippen LogP contribution in [0.15, 0.2) is 24.3 Å². The molecule has 2 fully saturated rings. The highest BCUT2D eigenvalue weighted by molar-refractivity contribution is 8.17. The minimum atomic E-state index is 0.581. The summed E-state index contributed by atoms with van der Waals surface area (Å²) in [4.78, 5) is 0. The summed E-state index contributed by atoms with van der Waals surface area (Å²) < 4.78 is 0.581. The molecule has 1 saturated carbocycles. The van der Waals surface area contributed by atoms with Crippen molar-refractivity contribution in [1.29, 1.82) is 5.26 Å². The Hall–Kier alpha value is -0.590. The van der Waals surface area contributed by atoms with E-state index in [9.17, 15) is 0 Å². The van der Waals surface area contributed by atoms with Crippen LogP contribution in [0.3, 0.4) is 0 Å². The van der Waals surface area contributed by atoms with Gasteiger partial charge in [-0.05, 0) is 42.2 Å². The maximum Gasteiger partial charge on any atom is 0.0991 e. The summed E-state index contributed by atoms with van der Waals surface area (Å²) in [6.07, 6.45) is 5.69. The minimum absolute atomic E-state index is 0.581. The van der Waals surface area contributed by atoms with E-state index in [-0.39, 0.29) is 0 Å². The zero-order valence-electron chi connectivity index (χ0n) is 10.3. The van der Waals surface area contributed by atoms with Gasteiger partial charge in [0.2, 0.25) is 0 Å². The van der Waals surface area contributed by atoms with Crippen molar-refractivity contribution in [2.45, 2.75) is 35.5 Å². The molecule has 94 valence electrons. The first-order chi connectivity index (χ1) is 8.86. The van der Waals surface area contributed by atoms with Gasteiger partial charge in [0, 0.05) is 5.25 Å². The van der Waals surface area contributed by atoms with Gasteiger partial charge in [-0.2, -0.15) is 5.26 Å². The third-order valence-electron chi connectivity index (χ3n) is 3.91. The number of hydrogen-bond donors (Lipinski definition) is 0. The summed E-state index contributed by atoms with van der Waals surface area (Å²) in [5, 5.41) is 9.71. The number of rotatable bonds is 1. The third kappa shape index (κ3) is 2.55. The molecule has 0 bridgehead atoms. The lowest BCUT2D eigenvalue weighted by Gasteiger charge is -2.38. The molecule has 0 aromatic heterocycles. The summed E-state index contributed by atoms with van der Waals surface area (Å²) >= 11 is 4.26. The molecule has 3 rings (SSSR count). The molecule has 0 radical (unpaired) electrons. The summed E-state index contributed by atoms with van der Waals surface area (Å²) in [6, 6.07) is 10.3. The van der Waals surface area contributed by atoms with Gasteiger partial charge in [-0.15, -0.1) is 23.5 Å². The van der Waals surface area contributed by atoms with Crippen LogP contribution in [0.2, 0.25) is 0 Å². The number of benzene rings is 1. The number of thioether (sulfide) groups is 2. The fraction of sp³-hybridized carbons (Fsp3) is 0.533. The van der Waals surface area contributed by atoms with Gasteiger partial charge in [-0.25, -0.2) is 0 Å². The highest BCUT2D eigenvalue weighted by atomic mass is 32.2. The van der Waals surface area contributed by atoms with Crippen molar-refractivity contribution in [3.05, 3.63) is 35.4 Å². The van der Waals surface area contributed by atoms with Crippen molar-refractivity contribution < 1.29 is 0 Å². The van der Waals surface area contributed by atoms with Crippen LogP contribution >= 0.6 is 23.5 Å². The van der Waals surface area contributed by atoms with Gasteiger partial charge in [0.1, 0.15) is 0 Å². The smallest absolute Gasteiger partial charge is 0.0991 e. The molecule has 18 heavy (non-hydrogen) atoms. The van der Waals surface area contributed by atoms with E-state index in [1.807, 2.05) is 12.1 Å². The van der Waals surface area contributed by atoms with Crippen molar-refractivity contribution in [1.82, 2.24) is 0 Å². The minimum Gasteiger partial charge on any atom is -0.192 e. The van der Waals surface area contributed by atoms with Crippen LogP contribution < -0.4 is 0 Å². The van der Waals surface area contributed by atoms with Crippen molar-refractivity contribution in [3.8, 4) is 6.07 Å². The predicted octanol–water partition coefficient (Wildman–Crippen LogP) is 4.60. The van der Waals surface area contributed by atoms with Gasteiger partial charge in [0.15, 0.2) is 0 Å². The van der Waals surface area contributed by atoms with Crippen LogP contribution in [0, 0.1) is 17.2 Å². The Balaban J connectivity index is 1.71. The summed E-state index contributed by atoms with van der Waals surface area (Å²) in [5.41, 5.74) is 2.15. The Morgan fingerprint density at radius 2 is 1.89 bits per heavy atom. The van der Waals surface area contributed by atoms with E-state index in [0.29, 0.717) is 4.58 Å². The molecule has 1 saturated heterocycles. The van der Waals surface area contributed by atoms with Crippen molar-refractivity contribution in [2.24, 2.45) is 5.92 Å². The fourth-order valence-corrected chi connectivity index (χ4v) is 6.50. The van der Waals surface area contributed by atoms with Crippen LogP contribution in [0.4, 0.5) is 0 Å². The van der Waals surface area contributed by atoms with E-state index in [1.54, 1.807) is 0 Å². The number of hydrogen-bond acceptors (Lipinski definition) is 3. The molecule has 3 atom stereocenters. The SMILES string of the molecule is N#Cc1ccc([C@H]2SC[C@H]3CCCC[C@@H]3S2)cc1. The molecule has 1 aliphatic carbocycles. The topological polar surface area (TPSA) is 23.8 Å². The Kier molecular flexibility index (Phi) is 3.86. The number of fused-ring (bicyclic) bond motifs is 1. The van der Waals surface area contributed by atoms with E-state index in [1.165, 1.54) is 37.0 Å². The molecule has 1 aromatic rings. The first-order valence-electron chi connectivity index (χ1n) is 6.64. The third-order valence-corrected chi connectivity index (χ3v) is 7.34. The van der Waals surface area contributed by atoms with Crippen LogP contribution in [-0.4, -0.2) is 11.0 Å². The molecule has 2 aliphatic rings. The quantitative estimate of drug-likeness (QED) is 0.748. The second kappa shape index (κ2) is 5.59. The lowest BCUT2D eigenvalue weighted by molar-refractivity contribution is 0.401. The fourth-order valence-electron chi connectivity index (χ4n) is 2.84. The van der Waals surface area contributed by atoms with Crippen LogP contribution in [0.5, 0.6) is 0 Å². The average molecular weight is 275 g/mol. The van der Waals surface area contributed by atoms with Crippen molar-refractivity contribution in [2.75, 3.05) is 5.75 Å². The lowest BCUT2D eigenvalue weighted by Crippen LogP contribution is -2.28. The Bertz CT molecular complexity index is 449. The zero-order valence-corrected chi connectivity index (χ0v) is 12.0. The molecule has 1 aliphatic heterocycles. The molecule has 1 heterocycles. The number of nitriles is 1. The van der Waals surface area contributed by atoms with E-state index >= 15 is 0 Å². The predicted molar refractivity (Wildman–Crippen MR) is 79.7 cm³/mol. The molecular formula is C15H17NS2. The molecule has 1 nitrogen and oxygen atoms in total. The molecule has 3 heteroatoms. The first kappa shape index (κ1) is 12.4. The molecule has 0 unspecified atom stereocenters. The van der Waals surface area contributed by atoms with Crippen LogP contribution in [-0.2, 0) is 0 Å². The van der Waals surface area contributed by atoms with Crippen LogP contribution in [0.1, 0.15) is 41.4 Å². The maximum absolute atomic E-state index is 8.83. The zero-order chi connectivity index (χ0) is 12.4. The van der Waals surface area contributed by atoms with Crippen molar-refractivity contribution in [3.63, 3.8) is 0 Å². The summed E-state index contributed by atoms with van der Waals surface area (Å²) in [7, 11) is 0. The Morgan fingerprint density at radius 1 is 1.11 bits per heavy atom. The van der Waals surface area contributed by atoms with Gasteiger partial charge in [-0.3, -0.25) is 0 Å². The molecule has 0 spiro atoms. The summed E-state index contributed by atoms with van der Waals surface area (Å²) in [6.45, 7) is 0. The van der Waals surface area contributed by atoms with Gasteiger partial charge < -0.3 is 0 Å². The first-order valence-corrected chi connectivity index (χ1v) is 8.63. The van der Waals surface area contributed by atoms with E-state index in [0.717, 1.165) is 16.7 Å². The monoisotopic (exact) mass is 275 g/mol. The molecule has 0 amide bonds. The van der Waals surface area contributed by atoms with Crippen molar-refractivity contribution >= 4 is 23.5 Å². The standard InChI is InChI=1S/C15H17NS2/c16-9-11-5-7-12(8-6-11)15-17-10-13-3-1-2-4-14(13)18-15/h5-8,13-15H,1-4,10H2/t13-,14+,15+/m1/s1. The van der Waals surface area contributed by atoms with E-state index in [2.05, 4.69) is 41.7 Å². The largest absolute Gasteiger partial charge is 0.192 e. The highest BCUT2D eigenvalue weighted by Crippen LogP contribution is 2.52. The molecule has 0 N–H and O–H groups in total. The lowest BCUT2D eigenvalue weighted by atomic mass is 9.90. The Labute approximate surface area is 117 Å². The van der Waals surface area contributed by atoms with Crippen LogP contribution in [0.25, 0.3) is 0 Å². The van der Waals surface area contributed by atoms with Gasteiger partial charge >= 0.3 is 0 Å². The number of nitrogens with zero attached hydrogens (tertiary/aromatic N) is 1. The maximum atomic E-state index is 8.83. The second-order valence-electron chi connectivity index (χ2n) is 5.12. The van der Waals surface area contributed by atoms with Gasteiger partial charge in [0.25, 0.3) is 0 Å². The molecule has 1 aromatic carbocycles. The highest BCUT2D eigenvalue weighted by Gasteiger charge is 2.33.